The summed E-state index contributed by atoms with van der Waals surface area (Å²) >= 11 is 0. The number of nitrogens with zero attached hydrogens (tertiary/aromatic N) is 4. The SMILES string of the molecule is CC(C)n1cc(Oc2nc(B3OC(C)(C)C(C)(C)O3)cnc2N)cn1. The van der Waals surface area contributed by atoms with Crippen molar-refractivity contribution in [2.45, 2.75) is 58.8 Å². The highest BCUT2D eigenvalue weighted by Gasteiger charge is 2.52. The Morgan fingerprint density at radius 2 is 1.80 bits per heavy atom. The molecule has 0 unspecified atom stereocenters. The molecule has 8 nitrogen and oxygen atoms in total. The van der Waals surface area contributed by atoms with Crippen LogP contribution in [0.25, 0.3) is 0 Å². The topological polar surface area (TPSA) is 97.3 Å². The van der Waals surface area contributed by atoms with Gasteiger partial charge in [0.1, 0.15) is 0 Å². The number of anilines is 1. The number of rotatable bonds is 4. The number of nitrogen functional groups attached to an aromatic ring is 1. The first-order valence-corrected chi connectivity index (χ1v) is 8.29. The molecule has 25 heavy (non-hydrogen) atoms. The first kappa shape index (κ1) is 17.7. The highest BCUT2D eigenvalue weighted by Crippen LogP contribution is 2.36. The summed E-state index contributed by atoms with van der Waals surface area (Å²) in [5, 5.41) is 4.23. The molecule has 2 aromatic heterocycles. The zero-order valence-corrected chi connectivity index (χ0v) is 15.5. The minimum absolute atomic E-state index is 0.192. The van der Waals surface area contributed by atoms with Gasteiger partial charge < -0.3 is 19.8 Å². The molecule has 3 rings (SSSR count). The van der Waals surface area contributed by atoms with Crippen LogP contribution in [-0.4, -0.2) is 38.1 Å². The molecule has 0 atom stereocenters. The van der Waals surface area contributed by atoms with Gasteiger partial charge in [0.2, 0.25) is 0 Å². The zero-order valence-electron chi connectivity index (χ0n) is 15.5. The molecule has 0 amide bonds. The predicted molar refractivity (Wildman–Crippen MR) is 94.8 cm³/mol. The van der Waals surface area contributed by atoms with E-state index in [0.29, 0.717) is 11.3 Å². The van der Waals surface area contributed by atoms with Crippen molar-refractivity contribution in [3.8, 4) is 11.6 Å². The van der Waals surface area contributed by atoms with Crippen LogP contribution < -0.4 is 16.1 Å². The Bertz CT molecular complexity index is 759. The van der Waals surface area contributed by atoms with Gasteiger partial charge in [0, 0.05) is 12.2 Å². The van der Waals surface area contributed by atoms with Crippen LogP contribution in [0.5, 0.6) is 11.6 Å². The molecule has 0 aliphatic carbocycles. The Kier molecular flexibility index (Phi) is 4.24. The lowest BCUT2D eigenvalue weighted by Crippen LogP contribution is -2.41. The van der Waals surface area contributed by atoms with Gasteiger partial charge in [-0.05, 0) is 41.5 Å². The summed E-state index contributed by atoms with van der Waals surface area (Å²) in [4.78, 5) is 8.60. The zero-order chi connectivity index (χ0) is 18.4. The monoisotopic (exact) mass is 345 g/mol. The summed E-state index contributed by atoms with van der Waals surface area (Å²) in [6, 6.07) is 0.233. The second kappa shape index (κ2) is 6.00. The van der Waals surface area contributed by atoms with Gasteiger partial charge in [0.15, 0.2) is 11.6 Å². The van der Waals surface area contributed by atoms with Crippen LogP contribution in [0.1, 0.15) is 47.6 Å². The number of ether oxygens (including phenoxy) is 1. The summed E-state index contributed by atoms with van der Waals surface area (Å²) in [7, 11) is -0.626. The first-order chi connectivity index (χ1) is 11.6. The van der Waals surface area contributed by atoms with E-state index in [2.05, 4.69) is 15.1 Å². The molecular weight excluding hydrogens is 321 g/mol. The van der Waals surface area contributed by atoms with Gasteiger partial charge in [-0.25, -0.2) is 9.97 Å². The molecule has 2 aromatic rings. The lowest BCUT2D eigenvalue weighted by molar-refractivity contribution is 0.00578. The molecule has 2 N–H and O–H groups in total. The van der Waals surface area contributed by atoms with Crippen molar-refractivity contribution in [1.82, 2.24) is 19.7 Å². The maximum absolute atomic E-state index is 5.99. The molecule has 0 spiro atoms. The molecular formula is C16H24BN5O3. The molecule has 1 aliphatic heterocycles. The summed E-state index contributed by atoms with van der Waals surface area (Å²) in [6.07, 6.45) is 4.94. The number of aromatic nitrogens is 4. The van der Waals surface area contributed by atoms with E-state index in [-0.39, 0.29) is 17.7 Å². The highest BCUT2D eigenvalue weighted by atomic mass is 16.7. The molecule has 1 saturated heterocycles. The van der Waals surface area contributed by atoms with E-state index in [0.717, 1.165) is 0 Å². The van der Waals surface area contributed by atoms with Gasteiger partial charge >= 0.3 is 7.12 Å². The standard InChI is InChI=1S/C16H24BN5O3/c1-10(2)22-9-11(7-20-22)23-14-13(18)19-8-12(21-14)17-24-15(3,4)16(5,6)25-17/h7-10H,1-6H3,(H2,18,19). The average molecular weight is 345 g/mol. The van der Waals surface area contributed by atoms with Crippen LogP contribution in [0, 0.1) is 0 Å². The van der Waals surface area contributed by atoms with E-state index in [4.69, 9.17) is 19.8 Å². The fourth-order valence-corrected chi connectivity index (χ4v) is 2.31. The minimum Gasteiger partial charge on any atom is -0.433 e. The van der Waals surface area contributed by atoms with Gasteiger partial charge in [-0.2, -0.15) is 5.10 Å². The van der Waals surface area contributed by atoms with Gasteiger partial charge in [0.05, 0.1) is 29.2 Å². The van der Waals surface area contributed by atoms with Crippen LogP contribution in [0.15, 0.2) is 18.6 Å². The summed E-state index contributed by atoms with van der Waals surface area (Å²) in [5.74, 6) is 0.939. The third-order valence-electron chi connectivity index (χ3n) is 4.60. The highest BCUT2D eigenvalue weighted by molar-refractivity contribution is 6.61. The maximum atomic E-state index is 5.99. The molecule has 9 heteroatoms. The summed E-state index contributed by atoms with van der Waals surface area (Å²) in [6.45, 7) is 12.0. The van der Waals surface area contributed by atoms with Crippen molar-refractivity contribution < 1.29 is 14.0 Å². The van der Waals surface area contributed by atoms with Crippen LogP contribution in [0.4, 0.5) is 5.82 Å². The van der Waals surface area contributed by atoms with Crippen molar-refractivity contribution in [2.75, 3.05) is 5.73 Å². The summed E-state index contributed by atoms with van der Waals surface area (Å²) < 4.78 is 19.5. The molecule has 0 aromatic carbocycles. The molecule has 134 valence electrons. The van der Waals surface area contributed by atoms with Crippen molar-refractivity contribution in [3.63, 3.8) is 0 Å². The van der Waals surface area contributed by atoms with Crippen molar-refractivity contribution >= 4 is 18.5 Å². The first-order valence-electron chi connectivity index (χ1n) is 8.29. The Balaban J connectivity index is 1.84. The normalized spacial score (nSPS) is 18.8. The van der Waals surface area contributed by atoms with Crippen LogP contribution in [-0.2, 0) is 9.31 Å². The van der Waals surface area contributed by atoms with Crippen molar-refractivity contribution in [3.05, 3.63) is 18.6 Å². The molecule has 0 saturated carbocycles. The Hall–Kier alpha value is -2.13. The van der Waals surface area contributed by atoms with Crippen molar-refractivity contribution in [2.24, 2.45) is 0 Å². The molecule has 1 fully saturated rings. The van der Waals surface area contributed by atoms with E-state index in [1.165, 1.54) is 0 Å². The molecule has 3 heterocycles. The lowest BCUT2D eigenvalue weighted by atomic mass is 9.85. The fourth-order valence-electron chi connectivity index (χ4n) is 2.31. The Labute approximate surface area is 147 Å². The van der Waals surface area contributed by atoms with Crippen LogP contribution >= 0.6 is 0 Å². The van der Waals surface area contributed by atoms with E-state index in [9.17, 15) is 0 Å². The maximum Gasteiger partial charge on any atom is 0.516 e. The lowest BCUT2D eigenvalue weighted by Gasteiger charge is -2.32. The van der Waals surface area contributed by atoms with Gasteiger partial charge in [-0.15, -0.1) is 0 Å². The second-order valence-corrected chi connectivity index (χ2v) is 7.43. The predicted octanol–water partition coefficient (Wildman–Crippen LogP) is 1.93. The number of hydrogen-bond donors (Lipinski definition) is 1. The third-order valence-corrected chi connectivity index (χ3v) is 4.60. The largest absolute Gasteiger partial charge is 0.516 e. The van der Waals surface area contributed by atoms with Crippen LogP contribution in [0.3, 0.4) is 0 Å². The molecule has 0 radical (unpaired) electrons. The Morgan fingerprint density at radius 3 is 2.36 bits per heavy atom. The van der Waals surface area contributed by atoms with Crippen LogP contribution in [0.2, 0.25) is 0 Å². The van der Waals surface area contributed by atoms with Gasteiger partial charge in [-0.3, -0.25) is 4.68 Å². The Morgan fingerprint density at radius 1 is 1.16 bits per heavy atom. The van der Waals surface area contributed by atoms with Crippen molar-refractivity contribution in [1.29, 1.82) is 0 Å². The van der Waals surface area contributed by atoms with E-state index in [1.54, 1.807) is 23.3 Å². The smallest absolute Gasteiger partial charge is 0.433 e. The van der Waals surface area contributed by atoms with E-state index >= 15 is 0 Å². The molecule has 0 bridgehead atoms. The quantitative estimate of drug-likeness (QED) is 0.846. The van der Waals surface area contributed by atoms with E-state index in [1.807, 2.05) is 41.5 Å². The minimum atomic E-state index is -0.626. The second-order valence-electron chi connectivity index (χ2n) is 7.43. The van der Waals surface area contributed by atoms with E-state index < -0.39 is 18.3 Å². The summed E-state index contributed by atoms with van der Waals surface area (Å²) in [5.41, 5.74) is 5.50. The average Bonchev–Trinajstić information content (AvgIpc) is 3.04. The third kappa shape index (κ3) is 3.34. The molecule has 1 aliphatic rings. The van der Waals surface area contributed by atoms with Gasteiger partial charge in [-0.1, -0.05) is 0 Å². The number of hydrogen-bond acceptors (Lipinski definition) is 7. The number of nitrogens with two attached hydrogens (primary N) is 1. The fraction of sp³-hybridized carbons (Fsp3) is 0.562. The van der Waals surface area contributed by atoms with Gasteiger partial charge in [0.25, 0.3) is 5.88 Å².